The largest absolute Gasteiger partial charge is 0.368 e. The first-order valence-corrected chi connectivity index (χ1v) is 7.27. The number of nitrogen functional groups attached to an aromatic ring is 1. The van der Waals surface area contributed by atoms with Crippen molar-refractivity contribution in [1.29, 1.82) is 0 Å². The first kappa shape index (κ1) is 14.9. The molecule has 4 nitrogen and oxygen atoms in total. The predicted molar refractivity (Wildman–Crippen MR) is 85.5 cm³/mol. The van der Waals surface area contributed by atoms with E-state index in [9.17, 15) is 0 Å². The molecule has 0 bridgehead atoms. The summed E-state index contributed by atoms with van der Waals surface area (Å²) in [5.74, 6) is 1.59. The van der Waals surface area contributed by atoms with E-state index in [4.69, 9.17) is 5.73 Å². The van der Waals surface area contributed by atoms with Gasteiger partial charge in [0, 0.05) is 15.5 Å². The zero-order valence-corrected chi connectivity index (χ0v) is 14.0. The lowest BCUT2D eigenvalue weighted by atomic mass is 9.95. The van der Waals surface area contributed by atoms with E-state index in [0.717, 1.165) is 21.2 Å². The Hall–Kier alpha value is -1.49. The third-order valence-corrected chi connectivity index (χ3v) is 4.27. The summed E-state index contributed by atoms with van der Waals surface area (Å²) >= 11 is 3.57. The molecule has 0 aliphatic carbocycles. The lowest BCUT2D eigenvalue weighted by molar-refractivity contribution is 0.544. The Labute approximate surface area is 128 Å². The van der Waals surface area contributed by atoms with Gasteiger partial charge in [-0.1, -0.05) is 36.7 Å². The van der Waals surface area contributed by atoms with Gasteiger partial charge in [-0.15, -0.1) is 0 Å². The van der Waals surface area contributed by atoms with Crippen LogP contribution in [-0.4, -0.2) is 15.0 Å². The molecule has 106 valence electrons. The number of benzene rings is 1. The summed E-state index contributed by atoms with van der Waals surface area (Å²) in [4.78, 5) is 13.1. The van der Waals surface area contributed by atoms with Crippen LogP contribution in [0.1, 0.15) is 37.7 Å². The standard InChI is InChI=1S/C15H19BrN4/c1-8-6-10(7-9(2)11(8)16)12-18-13(15(3,4)5)20-14(17)19-12/h6-7H,1-5H3,(H2,17,18,19,20). The second-order valence-electron chi connectivity index (χ2n) is 6.01. The SMILES string of the molecule is Cc1cc(-c2nc(N)nc(C(C)(C)C)n2)cc(C)c1Br. The maximum Gasteiger partial charge on any atom is 0.223 e. The Bertz CT molecular complexity index is 636. The van der Waals surface area contributed by atoms with Crippen molar-refractivity contribution in [2.45, 2.75) is 40.0 Å². The molecule has 20 heavy (non-hydrogen) atoms. The van der Waals surface area contributed by atoms with Crippen LogP contribution in [0, 0.1) is 13.8 Å². The van der Waals surface area contributed by atoms with Crippen molar-refractivity contribution in [1.82, 2.24) is 15.0 Å². The molecular formula is C15H19BrN4. The first-order chi connectivity index (χ1) is 9.18. The summed E-state index contributed by atoms with van der Waals surface area (Å²) < 4.78 is 1.11. The van der Waals surface area contributed by atoms with Crippen LogP contribution in [0.2, 0.25) is 0 Å². The van der Waals surface area contributed by atoms with Gasteiger partial charge in [0.2, 0.25) is 5.95 Å². The normalized spacial score (nSPS) is 11.7. The second kappa shape index (κ2) is 5.13. The Balaban J connectivity index is 2.61. The van der Waals surface area contributed by atoms with Crippen molar-refractivity contribution < 1.29 is 0 Å². The van der Waals surface area contributed by atoms with Crippen molar-refractivity contribution in [3.8, 4) is 11.4 Å². The van der Waals surface area contributed by atoms with Crippen LogP contribution in [0.25, 0.3) is 11.4 Å². The number of aryl methyl sites for hydroxylation is 2. The van der Waals surface area contributed by atoms with Gasteiger partial charge in [-0.05, 0) is 37.1 Å². The van der Waals surface area contributed by atoms with Crippen molar-refractivity contribution in [3.63, 3.8) is 0 Å². The highest BCUT2D eigenvalue weighted by molar-refractivity contribution is 9.10. The summed E-state index contributed by atoms with van der Waals surface area (Å²) in [6.45, 7) is 10.3. The van der Waals surface area contributed by atoms with E-state index in [-0.39, 0.29) is 11.4 Å². The summed E-state index contributed by atoms with van der Waals surface area (Å²) in [6, 6.07) is 4.11. The highest BCUT2D eigenvalue weighted by Crippen LogP contribution is 2.28. The molecule has 1 aromatic carbocycles. The van der Waals surface area contributed by atoms with Gasteiger partial charge >= 0.3 is 0 Å². The fourth-order valence-electron chi connectivity index (χ4n) is 1.93. The van der Waals surface area contributed by atoms with E-state index in [2.05, 4.69) is 77.6 Å². The van der Waals surface area contributed by atoms with Crippen molar-refractivity contribution in [2.75, 3.05) is 5.73 Å². The maximum atomic E-state index is 5.83. The Morgan fingerprint density at radius 1 is 1.00 bits per heavy atom. The molecule has 0 aliphatic rings. The Morgan fingerprint density at radius 3 is 2.05 bits per heavy atom. The van der Waals surface area contributed by atoms with Gasteiger partial charge in [-0.25, -0.2) is 4.98 Å². The molecule has 2 N–H and O–H groups in total. The fraction of sp³-hybridized carbons (Fsp3) is 0.400. The minimum Gasteiger partial charge on any atom is -0.368 e. The molecule has 0 aliphatic heterocycles. The number of hydrogen-bond donors (Lipinski definition) is 1. The van der Waals surface area contributed by atoms with Gasteiger partial charge in [-0.2, -0.15) is 9.97 Å². The van der Waals surface area contributed by atoms with Gasteiger partial charge in [0.25, 0.3) is 0 Å². The third kappa shape index (κ3) is 2.98. The number of anilines is 1. The Kier molecular flexibility index (Phi) is 3.82. The van der Waals surface area contributed by atoms with Crippen LogP contribution >= 0.6 is 15.9 Å². The van der Waals surface area contributed by atoms with Gasteiger partial charge in [0.1, 0.15) is 5.82 Å². The molecule has 2 rings (SSSR count). The van der Waals surface area contributed by atoms with Crippen LogP contribution in [0.3, 0.4) is 0 Å². The number of aromatic nitrogens is 3. The highest BCUT2D eigenvalue weighted by Gasteiger charge is 2.20. The number of nitrogens with two attached hydrogens (primary N) is 1. The van der Waals surface area contributed by atoms with Crippen molar-refractivity contribution in [2.24, 2.45) is 0 Å². The van der Waals surface area contributed by atoms with Gasteiger partial charge in [-0.3, -0.25) is 0 Å². The van der Waals surface area contributed by atoms with E-state index in [0.29, 0.717) is 11.6 Å². The summed E-state index contributed by atoms with van der Waals surface area (Å²) in [5.41, 5.74) is 8.93. The topological polar surface area (TPSA) is 64.7 Å². The third-order valence-electron chi connectivity index (χ3n) is 3.02. The van der Waals surface area contributed by atoms with E-state index in [1.807, 2.05) is 0 Å². The van der Waals surface area contributed by atoms with Gasteiger partial charge in [0.15, 0.2) is 5.82 Å². The Morgan fingerprint density at radius 2 is 1.55 bits per heavy atom. The van der Waals surface area contributed by atoms with E-state index in [1.54, 1.807) is 0 Å². The van der Waals surface area contributed by atoms with Crippen LogP contribution in [0.5, 0.6) is 0 Å². The number of halogens is 1. The molecule has 1 aromatic heterocycles. The monoisotopic (exact) mass is 334 g/mol. The molecule has 0 unspecified atom stereocenters. The molecule has 1 heterocycles. The zero-order chi connectivity index (χ0) is 15.1. The zero-order valence-electron chi connectivity index (χ0n) is 12.5. The number of rotatable bonds is 1. The molecule has 0 radical (unpaired) electrons. The molecule has 5 heteroatoms. The molecular weight excluding hydrogens is 316 g/mol. The quantitative estimate of drug-likeness (QED) is 0.861. The van der Waals surface area contributed by atoms with Gasteiger partial charge in [0.05, 0.1) is 0 Å². The lowest BCUT2D eigenvalue weighted by Gasteiger charge is -2.17. The summed E-state index contributed by atoms with van der Waals surface area (Å²) in [5, 5.41) is 0. The summed E-state index contributed by atoms with van der Waals surface area (Å²) in [7, 11) is 0. The van der Waals surface area contributed by atoms with Crippen molar-refractivity contribution >= 4 is 21.9 Å². The predicted octanol–water partition coefficient (Wildman–Crippen LogP) is 3.80. The second-order valence-corrected chi connectivity index (χ2v) is 6.81. The molecule has 0 saturated heterocycles. The maximum absolute atomic E-state index is 5.83. The molecule has 0 spiro atoms. The highest BCUT2D eigenvalue weighted by atomic mass is 79.9. The van der Waals surface area contributed by atoms with Crippen LogP contribution in [-0.2, 0) is 5.41 Å². The van der Waals surface area contributed by atoms with E-state index < -0.39 is 0 Å². The minimum absolute atomic E-state index is 0.161. The van der Waals surface area contributed by atoms with Crippen molar-refractivity contribution in [3.05, 3.63) is 33.6 Å². The molecule has 0 saturated carbocycles. The van der Waals surface area contributed by atoms with E-state index in [1.165, 1.54) is 0 Å². The van der Waals surface area contributed by atoms with Gasteiger partial charge < -0.3 is 5.73 Å². The average Bonchev–Trinajstić information content (AvgIpc) is 2.33. The lowest BCUT2D eigenvalue weighted by Crippen LogP contribution is -2.18. The smallest absolute Gasteiger partial charge is 0.223 e. The minimum atomic E-state index is -0.161. The van der Waals surface area contributed by atoms with E-state index >= 15 is 0 Å². The fourth-order valence-corrected chi connectivity index (χ4v) is 2.16. The first-order valence-electron chi connectivity index (χ1n) is 6.47. The van der Waals surface area contributed by atoms with Crippen LogP contribution in [0.4, 0.5) is 5.95 Å². The molecule has 0 atom stereocenters. The van der Waals surface area contributed by atoms with Crippen LogP contribution < -0.4 is 5.73 Å². The van der Waals surface area contributed by atoms with Crippen LogP contribution in [0.15, 0.2) is 16.6 Å². The molecule has 0 fully saturated rings. The number of nitrogens with zero attached hydrogens (tertiary/aromatic N) is 3. The number of hydrogen-bond acceptors (Lipinski definition) is 4. The summed E-state index contributed by atoms with van der Waals surface area (Å²) in [6.07, 6.45) is 0. The molecule has 2 aromatic rings. The molecule has 0 amide bonds. The average molecular weight is 335 g/mol.